The first-order valence-corrected chi connectivity index (χ1v) is 4.75. The van der Waals surface area contributed by atoms with Crippen LogP contribution in [0.1, 0.15) is 11.5 Å². The third-order valence-electron chi connectivity index (χ3n) is 2.15. The van der Waals surface area contributed by atoms with Gasteiger partial charge < -0.3 is 15.6 Å². The van der Waals surface area contributed by atoms with Crippen LogP contribution in [0.15, 0.2) is 18.2 Å². The van der Waals surface area contributed by atoms with Gasteiger partial charge in [-0.1, -0.05) is 17.7 Å². The Morgan fingerprint density at radius 2 is 2.29 bits per heavy atom. The highest BCUT2D eigenvalue weighted by Gasteiger charge is 2.10. The predicted octanol–water partition coefficient (Wildman–Crippen LogP) is 1.38. The van der Waals surface area contributed by atoms with E-state index in [0.29, 0.717) is 17.3 Å². The van der Waals surface area contributed by atoms with Crippen molar-refractivity contribution in [3.8, 4) is 5.75 Å². The number of aliphatic hydroxyl groups excluding tert-OH is 1. The van der Waals surface area contributed by atoms with Crippen molar-refractivity contribution in [2.24, 2.45) is 5.73 Å². The number of hydrogen-bond acceptors (Lipinski definition) is 3. The Morgan fingerprint density at radius 3 is 2.71 bits per heavy atom. The molecule has 0 spiro atoms. The molecule has 0 fully saturated rings. The van der Waals surface area contributed by atoms with Gasteiger partial charge in [0.15, 0.2) is 0 Å². The van der Waals surface area contributed by atoms with Crippen LogP contribution >= 0.6 is 11.6 Å². The Balaban J connectivity index is 2.95. The van der Waals surface area contributed by atoms with Gasteiger partial charge >= 0.3 is 0 Å². The van der Waals surface area contributed by atoms with Gasteiger partial charge in [-0.25, -0.2) is 0 Å². The maximum Gasteiger partial charge on any atom is 0.137 e. The summed E-state index contributed by atoms with van der Waals surface area (Å²) in [6.45, 7) is 0.429. The molecule has 0 aliphatic heterocycles. The number of nitrogens with two attached hydrogens (primary N) is 1. The highest BCUT2D eigenvalue weighted by Crippen LogP contribution is 2.27. The molecule has 3 nitrogen and oxygen atoms in total. The molecule has 0 aliphatic carbocycles. The maximum absolute atomic E-state index is 9.04. The summed E-state index contributed by atoms with van der Waals surface area (Å²) in [6.07, 6.45) is 0. The topological polar surface area (TPSA) is 55.5 Å². The van der Waals surface area contributed by atoms with Crippen molar-refractivity contribution in [2.45, 2.75) is 5.92 Å². The van der Waals surface area contributed by atoms with Crippen molar-refractivity contribution >= 4 is 11.6 Å². The SMILES string of the molecule is COc1ccc(C(CN)CO)cc1Cl. The van der Waals surface area contributed by atoms with Gasteiger partial charge in [-0.05, 0) is 17.7 Å². The highest BCUT2D eigenvalue weighted by atomic mass is 35.5. The van der Waals surface area contributed by atoms with E-state index in [1.165, 1.54) is 0 Å². The molecule has 4 heteroatoms. The lowest BCUT2D eigenvalue weighted by Gasteiger charge is -2.13. The smallest absolute Gasteiger partial charge is 0.137 e. The second-order valence-corrected chi connectivity index (χ2v) is 3.42. The minimum atomic E-state index is -0.0570. The van der Waals surface area contributed by atoms with Crippen LogP contribution in [0.4, 0.5) is 0 Å². The fraction of sp³-hybridized carbons (Fsp3) is 0.400. The first-order valence-electron chi connectivity index (χ1n) is 4.37. The fourth-order valence-corrected chi connectivity index (χ4v) is 1.52. The number of methoxy groups -OCH3 is 1. The molecule has 1 aromatic rings. The van der Waals surface area contributed by atoms with E-state index in [2.05, 4.69) is 0 Å². The molecule has 0 bridgehead atoms. The summed E-state index contributed by atoms with van der Waals surface area (Å²) in [4.78, 5) is 0. The molecule has 0 radical (unpaired) electrons. The lowest BCUT2D eigenvalue weighted by Crippen LogP contribution is -2.15. The van der Waals surface area contributed by atoms with Crippen molar-refractivity contribution in [2.75, 3.05) is 20.3 Å². The molecule has 1 rings (SSSR count). The van der Waals surface area contributed by atoms with Gasteiger partial charge in [0.05, 0.1) is 18.7 Å². The lowest BCUT2D eigenvalue weighted by atomic mass is 10.0. The number of hydrogen-bond donors (Lipinski definition) is 2. The van der Waals surface area contributed by atoms with Gasteiger partial charge in [-0.2, -0.15) is 0 Å². The average Bonchev–Trinajstić information content (AvgIpc) is 2.20. The van der Waals surface area contributed by atoms with Gasteiger partial charge in [0, 0.05) is 12.5 Å². The molecule has 0 aromatic heterocycles. The zero-order chi connectivity index (χ0) is 10.6. The van der Waals surface area contributed by atoms with E-state index in [0.717, 1.165) is 5.56 Å². The average molecular weight is 216 g/mol. The molecule has 1 atom stereocenters. The lowest BCUT2D eigenvalue weighted by molar-refractivity contribution is 0.268. The molecular formula is C10H14ClNO2. The zero-order valence-corrected chi connectivity index (χ0v) is 8.79. The van der Waals surface area contributed by atoms with Crippen LogP contribution in [0.2, 0.25) is 5.02 Å². The summed E-state index contributed by atoms with van der Waals surface area (Å²) in [7, 11) is 1.56. The highest BCUT2D eigenvalue weighted by molar-refractivity contribution is 6.32. The predicted molar refractivity (Wildman–Crippen MR) is 56.9 cm³/mol. The van der Waals surface area contributed by atoms with Crippen molar-refractivity contribution in [3.63, 3.8) is 0 Å². The summed E-state index contributed by atoms with van der Waals surface area (Å²) < 4.78 is 5.02. The van der Waals surface area contributed by atoms with Crippen molar-refractivity contribution < 1.29 is 9.84 Å². The van der Waals surface area contributed by atoms with E-state index in [1.54, 1.807) is 19.2 Å². The summed E-state index contributed by atoms with van der Waals surface area (Å²) in [6, 6.07) is 5.41. The maximum atomic E-state index is 9.04. The minimum absolute atomic E-state index is 0.0269. The van der Waals surface area contributed by atoms with Gasteiger partial charge in [-0.15, -0.1) is 0 Å². The van der Waals surface area contributed by atoms with Crippen molar-refractivity contribution in [1.82, 2.24) is 0 Å². The Labute approximate surface area is 88.4 Å². The molecule has 1 unspecified atom stereocenters. The van der Waals surface area contributed by atoms with Crippen LogP contribution in [0.25, 0.3) is 0 Å². The summed E-state index contributed by atoms with van der Waals surface area (Å²) in [5, 5.41) is 9.58. The Morgan fingerprint density at radius 1 is 1.57 bits per heavy atom. The molecule has 0 saturated carbocycles. The number of ether oxygens (including phenoxy) is 1. The van der Waals surface area contributed by atoms with Gasteiger partial charge in [0.1, 0.15) is 5.75 Å². The third-order valence-corrected chi connectivity index (χ3v) is 2.45. The van der Waals surface area contributed by atoms with Gasteiger partial charge in [0.2, 0.25) is 0 Å². The fourth-order valence-electron chi connectivity index (χ4n) is 1.25. The van der Waals surface area contributed by atoms with Crippen molar-refractivity contribution in [1.29, 1.82) is 0 Å². The minimum Gasteiger partial charge on any atom is -0.495 e. The van der Waals surface area contributed by atoms with E-state index in [1.807, 2.05) is 6.07 Å². The summed E-state index contributed by atoms with van der Waals surface area (Å²) in [5.74, 6) is 0.572. The second kappa shape index (κ2) is 5.20. The number of aliphatic hydroxyl groups is 1. The van der Waals surface area contributed by atoms with Gasteiger partial charge in [-0.3, -0.25) is 0 Å². The van der Waals surface area contributed by atoms with Crippen LogP contribution in [0, 0.1) is 0 Å². The summed E-state index contributed by atoms with van der Waals surface area (Å²) in [5.41, 5.74) is 6.43. The van der Waals surface area contributed by atoms with E-state index in [-0.39, 0.29) is 12.5 Å². The first kappa shape index (κ1) is 11.3. The Kier molecular flexibility index (Phi) is 4.20. The van der Waals surface area contributed by atoms with Gasteiger partial charge in [0.25, 0.3) is 0 Å². The van der Waals surface area contributed by atoms with Crippen LogP contribution < -0.4 is 10.5 Å². The largest absolute Gasteiger partial charge is 0.495 e. The monoisotopic (exact) mass is 215 g/mol. The third kappa shape index (κ3) is 2.38. The molecule has 1 aromatic carbocycles. The Bertz CT molecular complexity index is 300. The first-order chi connectivity index (χ1) is 6.72. The quantitative estimate of drug-likeness (QED) is 0.798. The molecule has 78 valence electrons. The van der Waals surface area contributed by atoms with Crippen LogP contribution in [-0.2, 0) is 0 Å². The molecule has 0 aliphatic rings. The zero-order valence-electron chi connectivity index (χ0n) is 8.03. The standard InChI is InChI=1S/C10H14ClNO2/c1-14-10-3-2-7(4-9(10)11)8(5-12)6-13/h2-4,8,13H,5-6,12H2,1H3. The van der Waals surface area contributed by atoms with Crippen LogP contribution in [0.5, 0.6) is 5.75 Å². The van der Waals surface area contributed by atoms with E-state index in [4.69, 9.17) is 27.2 Å². The number of rotatable bonds is 4. The molecule has 0 saturated heterocycles. The number of benzene rings is 1. The van der Waals surface area contributed by atoms with Crippen LogP contribution in [-0.4, -0.2) is 25.4 Å². The van der Waals surface area contributed by atoms with Crippen molar-refractivity contribution in [3.05, 3.63) is 28.8 Å². The number of halogens is 1. The Hall–Kier alpha value is -0.770. The molecule has 0 amide bonds. The van der Waals surface area contributed by atoms with E-state index >= 15 is 0 Å². The molecule has 14 heavy (non-hydrogen) atoms. The second-order valence-electron chi connectivity index (χ2n) is 3.01. The summed E-state index contributed by atoms with van der Waals surface area (Å²) >= 11 is 5.94. The van der Waals surface area contributed by atoms with E-state index in [9.17, 15) is 0 Å². The molecular weight excluding hydrogens is 202 g/mol. The normalized spacial score (nSPS) is 12.6. The van der Waals surface area contributed by atoms with E-state index < -0.39 is 0 Å². The molecule has 3 N–H and O–H groups in total. The molecule has 0 heterocycles. The van der Waals surface area contributed by atoms with Crippen LogP contribution in [0.3, 0.4) is 0 Å².